The Bertz CT molecular complexity index is 1250. The summed E-state index contributed by atoms with van der Waals surface area (Å²) in [4.78, 5) is 38.4. The zero-order valence-corrected chi connectivity index (χ0v) is 18.5. The second-order valence-electron chi connectivity index (χ2n) is 8.40. The number of hydrogen-bond acceptors (Lipinski definition) is 4. The van der Waals surface area contributed by atoms with Crippen LogP contribution in [0.5, 0.6) is 0 Å². The zero-order valence-electron chi connectivity index (χ0n) is 17.8. The molecule has 2 aliphatic rings. The number of nitrogens with zero attached hydrogens (tertiary/aromatic N) is 3. The smallest absolute Gasteiger partial charge is 0.463 e. The topological polar surface area (TPSA) is 82.8 Å². The molecular weight excluding hydrogens is 489 g/mol. The third kappa shape index (κ3) is 3.68. The van der Waals surface area contributed by atoms with E-state index in [9.17, 15) is 41.4 Å². The highest BCUT2D eigenvalue weighted by molar-refractivity contribution is 6.36. The van der Waals surface area contributed by atoms with E-state index < -0.39 is 35.0 Å². The van der Waals surface area contributed by atoms with Gasteiger partial charge in [0.1, 0.15) is 5.56 Å². The van der Waals surface area contributed by atoms with Gasteiger partial charge < -0.3 is 19.5 Å². The van der Waals surface area contributed by atoms with Crippen LogP contribution in [0.2, 0.25) is 5.02 Å². The van der Waals surface area contributed by atoms with Crippen LogP contribution in [0.4, 0.5) is 27.6 Å². The molecule has 4 rings (SSSR count). The second-order valence-corrected chi connectivity index (χ2v) is 8.81. The van der Waals surface area contributed by atoms with Gasteiger partial charge in [-0.25, -0.2) is 4.79 Å². The molecule has 1 N–H and O–H groups in total. The third-order valence-corrected chi connectivity index (χ3v) is 6.68. The Morgan fingerprint density at radius 2 is 1.74 bits per heavy atom. The average Bonchev–Trinajstić information content (AvgIpc) is 2.76. The van der Waals surface area contributed by atoms with Crippen LogP contribution in [0.3, 0.4) is 0 Å². The Kier molecular flexibility index (Phi) is 5.78. The summed E-state index contributed by atoms with van der Waals surface area (Å²) in [5, 5.41) is 9.49. The van der Waals surface area contributed by atoms with E-state index in [1.807, 2.05) is 6.92 Å². The molecule has 0 bridgehead atoms. The molecule has 184 valence electrons. The van der Waals surface area contributed by atoms with Gasteiger partial charge in [-0.3, -0.25) is 9.59 Å². The molecule has 1 aromatic carbocycles. The Labute approximate surface area is 194 Å². The van der Waals surface area contributed by atoms with Gasteiger partial charge in [0.15, 0.2) is 0 Å². The third-order valence-electron chi connectivity index (χ3n) is 6.38. The van der Waals surface area contributed by atoms with Gasteiger partial charge in [-0.05, 0) is 25.8 Å². The summed E-state index contributed by atoms with van der Waals surface area (Å²) in [5.74, 6) is -9.14. The van der Waals surface area contributed by atoms with Crippen molar-refractivity contribution in [2.75, 3.05) is 31.1 Å². The van der Waals surface area contributed by atoms with E-state index in [0.717, 1.165) is 0 Å². The van der Waals surface area contributed by atoms with E-state index >= 15 is 0 Å². The summed E-state index contributed by atoms with van der Waals surface area (Å²) in [6.45, 7) is 1.09. The summed E-state index contributed by atoms with van der Waals surface area (Å²) >= 11 is 6.40. The van der Waals surface area contributed by atoms with Crippen LogP contribution in [0.15, 0.2) is 17.1 Å². The maximum absolute atomic E-state index is 13.5. The summed E-state index contributed by atoms with van der Waals surface area (Å²) in [5.41, 5.74) is 0.593. The van der Waals surface area contributed by atoms with Crippen LogP contribution < -0.4 is 10.3 Å². The van der Waals surface area contributed by atoms with Crippen LogP contribution in [-0.4, -0.2) is 64.7 Å². The number of rotatable bonds is 3. The molecule has 13 heteroatoms. The van der Waals surface area contributed by atoms with Crippen molar-refractivity contribution in [3.63, 3.8) is 0 Å². The number of aryl methyl sites for hydroxylation is 1. The van der Waals surface area contributed by atoms with Crippen molar-refractivity contribution in [2.24, 2.45) is 0 Å². The van der Waals surface area contributed by atoms with Crippen molar-refractivity contribution in [3.05, 3.63) is 38.6 Å². The first-order valence-electron chi connectivity index (χ1n) is 10.4. The molecule has 0 saturated carbocycles. The van der Waals surface area contributed by atoms with Crippen molar-refractivity contribution >= 4 is 40.1 Å². The van der Waals surface area contributed by atoms with Crippen molar-refractivity contribution in [2.45, 2.75) is 37.9 Å². The normalized spacial score (nSPS) is 19.0. The van der Waals surface area contributed by atoms with E-state index in [2.05, 4.69) is 0 Å². The van der Waals surface area contributed by atoms with E-state index in [1.54, 1.807) is 9.47 Å². The predicted octanol–water partition coefficient (Wildman–Crippen LogP) is 3.71. The van der Waals surface area contributed by atoms with Gasteiger partial charge in [0.05, 0.1) is 15.9 Å². The molecule has 1 fully saturated rings. The fourth-order valence-corrected chi connectivity index (χ4v) is 4.83. The van der Waals surface area contributed by atoms with Crippen molar-refractivity contribution in [1.82, 2.24) is 9.47 Å². The molecule has 0 spiro atoms. The number of carbonyl (C=O) groups is 2. The number of piperazine rings is 1. The number of carboxylic acids is 1. The Hall–Kier alpha value is -2.89. The molecule has 2 aliphatic heterocycles. The number of alkyl halides is 5. The van der Waals surface area contributed by atoms with Gasteiger partial charge in [0.25, 0.3) is 0 Å². The second kappa shape index (κ2) is 8.10. The van der Waals surface area contributed by atoms with Crippen LogP contribution in [0, 0.1) is 0 Å². The van der Waals surface area contributed by atoms with E-state index in [0.29, 0.717) is 34.5 Å². The van der Waals surface area contributed by atoms with Gasteiger partial charge in [-0.2, -0.15) is 22.0 Å². The molecule has 1 saturated heterocycles. The van der Waals surface area contributed by atoms with E-state index in [1.165, 1.54) is 12.3 Å². The number of carbonyl (C=O) groups excluding carboxylic acids is 1. The summed E-state index contributed by atoms with van der Waals surface area (Å²) < 4.78 is 66.3. The average molecular weight is 508 g/mol. The lowest BCUT2D eigenvalue weighted by molar-refractivity contribution is -0.274. The quantitative estimate of drug-likeness (QED) is 0.641. The molecule has 3 heterocycles. The molecule has 2 aromatic rings. The minimum Gasteiger partial charge on any atom is -0.477 e. The minimum absolute atomic E-state index is 0.00631. The number of aromatic nitrogens is 1. The monoisotopic (exact) mass is 507 g/mol. The highest BCUT2D eigenvalue weighted by atomic mass is 35.5. The SMILES string of the molecule is CC1CCc2c(N3CCN(C(=O)C(F)(F)C(F)(F)F)CC3)cc(Cl)c3c(=O)c(C(=O)O)cn1c23. The number of hydrogen-bond donors (Lipinski definition) is 1. The lowest BCUT2D eigenvalue weighted by Gasteiger charge is -2.39. The van der Waals surface area contributed by atoms with Gasteiger partial charge in [0.2, 0.25) is 5.43 Å². The van der Waals surface area contributed by atoms with E-state index in [-0.39, 0.29) is 42.6 Å². The van der Waals surface area contributed by atoms with Crippen LogP contribution >= 0.6 is 11.6 Å². The maximum atomic E-state index is 13.5. The highest BCUT2D eigenvalue weighted by Gasteiger charge is 2.64. The zero-order chi connectivity index (χ0) is 25.2. The Morgan fingerprint density at radius 1 is 1.12 bits per heavy atom. The number of amides is 1. The molecule has 1 atom stereocenters. The number of pyridine rings is 1. The number of anilines is 1. The van der Waals surface area contributed by atoms with Crippen molar-refractivity contribution in [1.29, 1.82) is 0 Å². The number of carboxylic acid groups (broad SMARTS) is 1. The fourth-order valence-electron chi connectivity index (χ4n) is 4.55. The first-order chi connectivity index (χ1) is 15.8. The molecule has 0 aliphatic carbocycles. The maximum Gasteiger partial charge on any atom is 0.463 e. The molecule has 0 radical (unpaired) electrons. The summed E-state index contributed by atoms with van der Waals surface area (Å²) in [6.07, 6.45) is -3.57. The van der Waals surface area contributed by atoms with Crippen molar-refractivity contribution < 1.29 is 36.6 Å². The van der Waals surface area contributed by atoms with Crippen molar-refractivity contribution in [3.8, 4) is 0 Å². The van der Waals surface area contributed by atoms with Crippen LogP contribution in [-0.2, 0) is 11.2 Å². The molecule has 1 amide bonds. The molecule has 1 unspecified atom stereocenters. The summed E-state index contributed by atoms with van der Waals surface area (Å²) in [6, 6.07) is 1.35. The number of aromatic carboxylic acids is 1. The highest BCUT2D eigenvalue weighted by Crippen LogP contribution is 2.41. The van der Waals surface area contributed by atoms with Gasteiger partial charge in [0, 0.05) is 49.7 Å². The molecular formula is C21H19ClF5N3O4. The number of benzene rings is 1. The summed E-state index contributed by atoms with van der Waals surface area (Å²) in [7, 11) is 0. The largest absolute Gasteiger partial charge is 0.477 e. The van der Waals surface area contributed by atoms with Gasteiger partial charge >= 0.3 is 24.0 Å². The first kappa shape index (κ1) is 24.2. The molecule has 1 aromatic heterocycles. The standard InChI is InChI=1S/C21H19ClF5N3O4/c1-10-2-3-11-14(8-13(22)15-16(11)30(10)9-12(17(15)31)18(32)33)28-4-6-29(7-5-28)19(34)20(23,24)21(25,26)27/h8-10H,2-7H2,1H3,(H,32,33). The molecule has 7 nitrogen and oxygen atoms in total. The minimum atomic E-state index is -5.98. The Morgan fingerprint density at radius 3 is 2.29 bits per heavy atom. The van der Waals surface area contributed by atoms with Crippen LogP contribution in [0.1, 0.15) is 35.3 Å². The first-order valence-corrected chi connectivity index (χ1v) is 10.8. The lowest BCUT2D eigenvalue weighted by Crippen LogP contribution is -2.57. The predicted molar refractivity (Wildman–Crippen MR) is 113 cm³/mol. The number of halogens is 6. The van der Waals surface area contributed by atoms with Gasteiger partial charge in [-0.15, -0.1) is 0 Å². The van der Waals surface area contributed by atoms with Gasteiger partial charge in [-0.1, -0.05) is 11.6 Å². The fraction of sp³-hybridized carbons (Fsp3) is 0.476. The molecule has 34 heavy (non-hydrogen) atoms. The van der Waals surface area contributed by atoms with Crippen LogP contribution in [0.25, 0.3) is 10.9 Å². The Balaban J connectivity index is 1.72. The van der Waals surface area contributed by atoms with E-state index in [4.69, 9.17) is 11.6 Å². The lowest BCUT2D eigenvalue weighted by atomic mass is 9.93.